The van der Waals surface area contributed by atoms with Crippen molar-refractivity contribution in [2.75, 3.05) is 19.5 Å². The molecule has 0 radical (unpaired) electrons. The molecule has 26 heavy (non-hydrogen) atoms. The Labute approximate surface area is 152 Å². The molecular weight excluding hydrogens is 334 g/mol. The summed E-state index contributed by atoms with van der Waals surface area (Å²) >= 11 is 0. The van der Waals surface area contributed by atoms with E-state index in [0.717, 1.165) is 10.5 Å². The minimum Gasteiger partial charge on any atom is -0.495 e. The predicted molar refractivity (Wildman–Crippen MR) is 99.5 cm³/mol. The van der Waals surface area contributed by atoms with E-state index in [4.69, 9.17) is 4.74 Å². The number of rotatable bonds is 7. The number of anilines is 1. The van der Waals surface area contributed by atoms with Gasteiger partial charge in [-0.25, -0.2) is 0 Å². The number of benzene rings is 2. The molecule has 1 amide bonds. The van der Waals surface area contributed by atoms with Crippen LogP contribution in [-0.2, 0) is 11.3 Å². The first-order chi connectivity index (χ1) is 12.3. The van der Waals surface area contributed by atoms with Crippen LogP contribution in [0.4, 0.5) is 11.4 Å². The predicted octanol–water partition coefficient (Wildman–Crippen LogP) is 1.95. The van der Waals surface area contributed by atoms with Crippen molar-refractivity contribution in [2.24, 2.45) is 0 Å². The molecular formula is C19H24N3O4+. The van der Waals surface area contributed by atoms with Gasteiger partial charge in [-0.2, -0.15) is 0 Å². The Morgan fingerprint density at radius 2 is 1.92 bits per heavy atom. The van der Waals surface area contributed by atoms with Gasteiger partial charge in [0.1, 0.15) is 12.3 Å². The fraction of sp³-hybridized carbons (Fsp3) is 0.316. The number of methoxy groups -OCH3 is 1. The molecule has 0 spiro atoms. The maximum atomic E-state index is 12.6. The third kappa shape index (κ3) is 4.80. The van der Waals surface area contributed by atoms with Crippen LogP contribution in [0.5, 0.6) is 5.75 Å². The molecule has 2 aromatic rings. The van der Waals surface area contributed by atoms with E-state index in [1.54, 1.807) is 0 Å². The van der Waals surface area contributed by atoms with Crippen LogP contribution in [-0.4, -0.2) is 31.0 Å². The van der Waals surface area contributed by atoms with E-state index in [1.807, 2.05) is 45.2 Å². The molecule has 2 N–H and O–H groups in total. The second kappa shape index (κ2) is 8.44. The van der Waals surface area contributed by atoms with Crippen molar-refractivity contribution in [1.82, 2.24) is 0 Å². The highest BCUT2D eigenvalue weighted by atomic mass is 16.6. The van der Waals surface area contributed by atoms with Crippen molar-refractivity contribution in [2.45, 2.75) is 26.4 Å². The average Bonchev–Trinajstić information content (AvgIpc) is 2.62. The Bertz CT molecular complexity index is 790. The quantitative estimate of drug-likeness (QED) is 0.585. The molecule has 7 heteroatoms. The maximum absolute atomic E-state index is 12.6. The van der Waals surface area contributed by atoms with Crippen molar-refractivity contribution < 1.29 is 19.4 Å². The number of likely N-dealkylation sites (N-methyl/N-ethyl adjacent to an activating group) is 1. The number of carbonyl (C=O) groups is 1. The molecule has 138 valence electrons. The zero-order chi connectivity index (χ0) is 19.3. The fourth-order valence-electron chi connectivity index (χ4n) is 2.55. The molecule has 2 rings (SSSR count). The molecule has 0 heterocycles. The van der Waals surface area contributed by atoms with Crippen LogP contribution in [0.3, 0.4) is 0 Å². The van der Waals surface area contributed by atoms with Crippen LogP contribution >= 0.6 is 0 Å². The van der Waals surface area contributed by atoms with Crippen LogP contribution in [0.1, 0.15) is 18.1 Å². The lowest BCUT2D eigenvalue weighted by Crippen LogP contribution is -3.12. The maximum Gasteiger partial charge on any atom is 0.282 e. The molecule has 7 nitrogen and oxygen atoms in total. The summed E-state index contributed by atoms with van der Waals surface area (Å²) in [7, 11) is 3.39. The van der Waals surface area contributed by atoms with Crippen LogP contribution < -0.4 is 15.0 Å². The molecule has 0 bridgehead atoms. The van der Waals surface area contributed by atoms with E-state index in [0.29, 0.717) is 18.0 Å². The van der Waals surface area contributed by atoms with Crippen molar-refractivity contribution in [1.29, 1.82) is 0 Å². The van der Waals surface area contributed by atoms with Crippen LogP contribution in [0.2, 0.25) is 0 Å². The highest BCUT2D eigenvalue weighted by Gasteiger charge is 2.24. The highest BCUT2D eigenvalue weighted by molar-refractivity contribution is 5.95. The number of quaternary nitrogens is 1. The summed E-state index contributed by atoms with van der Waals surface area (Å²) in [4.78, 5) is 24.0. The van der Waals surface area contributed by atoms with Gasteiger partial charge in [-0.05, 0) is 19.9 Å². The van der Waals surface area contributed by atoms with Gasteiger partial charge in [0.05, 0.1) is 24.8 Å². The number of nitrogens with zero attached hydrogens (tertiary/aromatic N) is 1. The van der Waals surface area contributed by atoms with Gasteiger partial charge in [-0.15, -0.1) is 0 Å². The van der Waals surface area contributed by atoms with E-state index in [9.17, 15) is 14.9 Å². The monoisotopic (exact) mass is 358 g/mol. The average molecular weight is 358 g/mol. The molecule has 0 saturated heterocycles. The van der Waals surface area contributed by atoms with Crippen molar-refractivity contribution in [3.63, 3.8) is 0 Å². The summed E-state index contributed by atoms with van der Waals surface area (Å²) in [6.07, 6.45) is 0. The summed E-state index contributed by atoms with van der Waals surface area (Å²) in [5, 5.41) is 13.7. The van der Waals surface area contributed by atoms with E-state index < -0.39 is 4.92 Å². The van der Waals surface area contributed by atoms with E-state index in [-0.39, 0.29) is 17.6 Å². The molecule has 0 aliphatic heterocycles. The largest absolute Gasteiger partial charge is 0.495 e. The normalized spacial score (nSPS) is 12.9. The molecule has 1 unspecified atom stereocenters. The highest BCUT2D eigenvalue weighted by Crippen LogP contribution is 2.28. The molecule has 2 aromatic carbocycles. The number of hydrogen-bond acceptors (Lipinski definition) is 4. The van der Waals surface area contributed by atoms with Crippen LogP contribution in [0, 0.1) is 17.0 Å². The second-order valence-corrected chi connectivity index (χ2v) is 6.36. The molecule has 0 aliphatic carbocycles. The van der Waals surface area contributed by atoms with Crippen LogP contribution in [0.25, 0.3) is 0 Å². The Kier molecular flexibility index (Phi) is 6.30. The Morgan fingerprint density at radius 1 is 1.27 bits per heavy atom. The van der Waals surface area contributed by atoms with Gasteiger partial charge in [-0.3, -0.25) is 14.9 Å². The lowest BCUT2D eigenvalue weighted by atomic mass is 10.1. The minimum absolute atomic E-state index is 0.103. The van der Waals surface area contributed by atoms with Gasteiger partial charge in [0.25, 0.3) is 11.6 Å². The third-order valence-electron chi connectivity index (χ3n) is 4.39. The first-order valence-corrected chi connectivity index (χ1v) is 8.33. The zero-order valence-corrected chi connectivity index (χ0v) is 15.4. The summed E-state index contributed by atoms with van der Waals surface area (Å²) in [6.45, 7) is 4.55. The van der Waals surface area contributed by atoms with Crippen molar-refractivity contribution >= 4 is 17.3 Å². The number of nitro groups is 1. The lowest BCUT2D eigenvalue weighted by molar-refractivity contribution is -0.907. The number of hydrogen-bond donors (Lipinski definition) is 2. The van der Waals surface area contributed by atoms with Gasteiger partial charge in [-0.1, -0.05) is 29.8 Å². The van der Waals surface area contributed by atoms with E-state index >= 15 is 0 Å². The zero-order valence-electron chi connectivity index (χ0n) is 15.4. The number of nitro benzene ring substituents is 1. The number of aryl methyl sites for hydroxylation is 1. The number of amides is 1. The summed E-state index contributed by atoms with van der Waals surface area (Å²) in [5.41, 5.74) is 2.52. The molecule has 2 atom stereocenters. The van der Waals surface area contributed by atoms with Gasteiger partial charge in [0.15, 0.2) is 6.04 Å². The third-order valence-corrected chi connectivity index (χ3v) is 4.39. The number of carbonyl (C=O) groups excluding carboxylic acids is 1. The van der Waals surface area contributed by atoms with Gasteiger partial charge < -0.3 is 15.0 Å². The summed E-state index contributed by atoms with van der Waals surface area (Å²) in [5.74, 6) is 0.153. The Morgan fingerprint density at radius 3 is 2.50 bits per heavy atom. The second-order valence-electron chi connectivity index (χ2n) is 6.36. The molecule has 0 aliphatic rings. The topological polar surface area (TPSA) is 85.9 Å². The molecule has 0 saturated carbocycles. The van der Waals surface area contributed by atoms with Gasteiger partial charge in [0.2, 0.25) is 0 Å². The standard InChI is InChI=1S/C19H23N3O4/c1-13-5-7-15(8-6-13)12-21(3)14(2)19(23)20-17-11-16(22(24)25)9-10-18(17)26-4/h5-11,14H,12H2,1-4H3,(H,20,23)/p+1/t14-/m0/s1. The Hall–Kier alpha value is -2.93. The van der Waals surface area contributed by atoms with Gasteiger partial charge >= 0.3 is 0 Å². The van der Waals surface area contributed by atoms with Crippen LogP contribution in [0.15, 0.2) is 42.5 Å². The van der Waals surface area contributed by atoms with Crippen molar-refractivity contribution in [3.05, 3.63) is 63.7 Å². The first-order valence-electron chi connectivity index (χ1n) is 8.33. The Balaban J connectivity index is 2.09. The molecule has 0 fully saturated rings. The smallest absolute Gasteiger partial charge is 0.282 e. The van der Waals surface area contributed by atoms with Crippen molar-refractivity contribution in [3.8, 4) is 5.75 Å². The summed E-state index contributed by atoms with van der Waals surface area (Å²) < 4.78 is 5.18. The molecule has 0 aromatic heterocycles. The SMILES string of the molecule is COc1ccc([N+](=O)[O-])cc1NC(=O)[C@H](C)[NH+](C)Cc1ccc(C)cc1. The van der Waals surface area contributed by atoms with Gasteiger partial charge in [0, 0.05) is 17.7 Å². The lowest BCUT2D eigenvalue weighted by Gasteiger charge is -2.21. The number of ether oxygens (including phenoxy) is 1. The number of non-ortho nitro benzene ring substituents is 1. The van der Waals surface area contributed by atoms with E-state index in [2.05, 4.69) is 5.32 Å². The fourth-order valence-corrected chi connectivity index (χ4v) is 2.55. The first kappa shape index (κ1) is 19.4. The minimum atomic E-state index is -0.507. The van der Waals surface area contributed by atoms with E-state index in [1.165, 1.54) is 30.9 Å². The summed E-state index contributed by atoms with van der Waals surface area (Å²) in [6, 6.07) is 12.0. The number of nitrogens with one attached hydrogen (secondary N) is 2.